The van der Waals surface area contributed by atoms with Gasteiger partial charge >= 0.3 is 0 Å². The monoisotopic (exact) mass is 211 g/mol. The number of carbonyl (C=O) groups excluding carboxylic acids is 1. The Morgan fingerprint density at radius 1 is 1.73 bits per heavy atom. The summed E-state index contributed by atoms with van der Waals surface area (Å²) in [6, 6.07) is 0. The number of aromatic amines is 1. The molecule has 2 rings (SSSR count). The number of hydrogen-bond acceptors (Lipinski definition) is 4. The van der Waals surface area contributed by atoms with Crippen molar-refractivity contribution in [1.82, 2.24) is 15.3 Å². The summed E-state index contributed by atoms with van der Waals surface area (Å²) in [6.07, 6.45) is 3.93. The Kier molecular flexibility index (Phi) is 2.98. The lowest BCUT2D eigenvalue weighted by Crippen LogP contribution is -2.35. The Hall–Kier alpha value is -1.40. The average molecular weight is 211 g/mol. The Morgan fingerprint density at radius 3 is 3.20 bits per heavy atom. The average Bonchev–Trinajstić information content (AvgIpc) is 2.87. The second kappa shape index (κ2) is 4.41. The van der Waals surface area contributed by atoms with Crippen LogP contribution in [0.4, 0.5) is 0 Å². The third-order valence-electron chi connectivity index (χ3n) is 2.35. The number of carbonyl (C=O) groups is 1. The van der Waals surface area contributed by atoms with Gasteiger partial charge in [0, 0.05) is 0 Å². The molecule has 2 atom stereocenters. The fraction of sp³-hybridized carbons (Fsp3) is 0.556. The van der Waals surface area contributed by atoms with E-state index in [0.29, 0.717) is 5.69 Å². The zero-order chi connectivity index (χ0) is 10.7. The van der Waals surface area contributed by atoms with Gasteiger partial charge in [0.15, 0.2) is 0 Å². The summed E-state index contributed by atoms with van der Waals surface area (Å²) in [5, 5.41) is 11.6. The molecule has 15 heavy (non-hydrogen) atoms. The molecule has 6 nitrogen and oxygen atoms in total. The van der Waals surface area contributed by atoms with E-state index in [2.05, 4.69) is 15.3 Å². The number of H-pyrrole nitrogens is 1. The minimum absolute atomic E-state index is 0.00354. The molecule has 1 aromatic rings. The Bertz CT molecular complexity index is 325. The molecule has 82 valence electrons. The van der Waals surface area contributed by atoms with Crippen molar-refractivity contribution in [3.63, 3.8) is 0 Å². The fourth-order valence-corrected chi connectivity index (χ4v) is 1.55. The number of aliphatic hydroxyl groups excluding tert-OH is 1. The standard InChI is InChI=1S/C9H13N3O3/c13-4-6-1-2-8(15-6)12-9(14)7-3-10-5-11-7/h3,5-6,8,13H,1-2,4H2,(H,10,11)(H,12,14)/t6-,8?/m0/s1. The quantitative estimate of drug-likeness (QED) is 0.637. The first-order chi connectivity index (χ1) is 7.29. The second-order valence-electron chi connectivity index (χ2n) is 3.45. The van der Waals surface area contributed by atoms with Gasteiger partial charge in [-0.15, -0.1) is 0 Å². The SMILES string of the molecule is O=C(NC1CC[C@@H](CO)O1)c1cnc[nH]1. The molecular weight excluding hydrogens is 198 g/mol. The third-order valence-corrected chi connectivity index (χ3v) is 2.35. The summed E-state index contributed by atoms with van der Waals surface area (Å²) in [6.45, 7) is -0.00354. The molecule has 3 N–H and O–H groups in total. The van der Waals surface area contributed by atoms with Crippen molar-refractivity contribution < 1.29 is 14.6 Å². The van der Waals surface area contributed by atoms with Crippen LogP contribution in [0.5, 0.6) is 0 Å². The van der Waals surface area contributed by atoms with Gasteiger partial charge in [-0.25, -0.2) is 4.98 Å². The minimum atomic E-state index is -0.307. The Morgan fingerprint density at radius 2 is 2.60 bits per heavy atom. The normalized spacial score (nSPS) is 25.4. The second-order valence-corrected chi connectivity index (χ2v) is 3.45. The molecule has 6 heteroatoms. The first-order valence-corrected chi connectivity index (χ1v) is 4.85. The molecule has 0 bridgehead atoms. The summed E-state index contributed by atoms with van der Waals surface area (Å²) in [7, 11) is 0. The van der Waals surface area contributed by atoms with Crippen LogP contribution in [0.1, 0.15) is 23.3 Å². The lowest BCUT2D eigenvalue weighted by atomic mass is 10.2. The van der Waals surface area contributed by atoms with Crippen LogP contribution < -0.4 is 5.32 Å². The van der Waals surface area contributed by atoms with Gasteiger partial charge in [-0.05, 0) is 12.8 Å². The number of aromatic nitrogens is 2. The van der Waals surface area contributed by atoms with Crippen LogP contribution in [0.2, 0.25) is 0 Å². The van der Waals surface area contributed by atoms with Gasteiger partial charge < -0.3 is 20.1 Å². The zero-order valence-corrected chi connectivity index (χ0v) is 8.14. The van der Waals surface area contributed by atoms with Crippen molar-refractivity contribution in [3.8, 4) is 0 Å². The van der Waals surface area contributed by atoms with E-state index in [-0.39, 0.29) is 24.8 Å². The van der Waals surface area contributed by atoms with E-state index in [1.54, 1.807) is 0 Å². The van der Waals surface area contributed by atoms with Crippen LogP contribution in [0, 0.1) is 0 Å². The van der Waals surface area contributed by atoms with E-state index < -0.39 is 0 Å². The number of imidazole rings is 1. The van der Waals surface area contributed by atoms with Gasteiger partial charge in [-0.3, -0.25) is 4.79 Å². The number of amides is 1. The fourth-order valence-electron chi connectivity index (χ4n) is 1.55. The number of ether oxygens (including phenoxy) is 1. The maximum atomic E-state index is 11.5. The van der Waals surface area contributed by atoms with Gasteiger partial charge in [-0.2, -0.15) is 0 Å². The molecule has 0 saturated carbocycles. The Labute approximate surface area is 86.7 Å². The first kappa shape index (κ1) is 10.1. The number of nitrogens with zero attached hydrogens (tertiary/aromatic N) is 1. The number of aliphatic hydroxyl groups is 1. The lowest BCUT2D eigenvalue weighted by molar-refractivity contribution is -0.00125. The summed E-state index contributed by atoms with van der Waals surface area (Å²) < 4.78 is 5.36. The molecule has 0 aliphatic carbocycles. The molecule has 1 aliphatic heterocycles. The molecule has 1 unspecified atom stereocenters. The summed E-state index contributed by atoms with van der Waals surface area (Å²) in [4.78, 5) is 18.0. The van der Waals surface area contributed by atoms with Gasteiger partial charge in [0.25, 0.3) is 5.91 Å². The maximum absolute atomic E-state index is 11.5. The van der Waals surface area contributed by atoms with Crippen molar-refractivity contribution in [2.24, 2.45) is 0 Å². The summed E-state index contributed by atoms with van der Waals surface area (Å²) in [5.74, 6) is -0.240. The smallest absolute Gasteiger partial charge is 0.271 e. The molecule has 1 aliphatic rings. The van der Waals surface area contributed by atoms with Crippen LogP contribution in [-0.2, 0) is 4.74 Å². The van der Waals surface area contributed by atoms with Gasteiger partial charge in [0.1, 0.15) is 11.9 Å². The molecule has 2 heterocycles. The van der Waals surface area contributed by atoms with Crippen LogP contribution >= 0.6 is 0 Å². The summed E-state index contributed by atoms with van der Waals surface area (Å²) in [5.41, 5.74) is 0.408. The molecule has 0 radical (unpaired) electrons. The van der Waals surface area contributed by atoms with E-state index >= 15 is 0 Å². The number of rotatable bonds is 3. The van der Waals surface area contributed by atoms with Crippen LogP contribution in [0.3, 0.4) is 0 Å². The molecular formula is C9H13N3O3. The van der Waals surface area contributed by atoms with Gasteiger partial charge in [0.05, 0.1) is 25.2 Å². The van der Waals surface area contributed by atoms with Crippen LogP contribution in [0.15, 0.2) is 12.5 Å². The van der Waals surface area contributed by atoms with Crippen molar-refractivity contribution in [1.29, 1.82) is 0 Å². The predicted octanol–water partition coefficient (Wildman–Crippen LogP) is -0.363. The molecule has 0 spiro atoms. The van der Waals surface area contributed by atoms with E-state index in [1.807, 2.05) is 0 Å². The molecule has 1 amide bonds. The lowest BCUT2D eigenvalue weighted by Gasteiger charge is -2.12. The van der Waals surface area contributed by atoms with Crippen LogP contribution in [0.25, 0.3) is 0 Å². The highest BCUT2D eigenvalue weighted by molar-refractivity contribution is 5.92. The maximum Gasteiger partial charge on any atom is 0.271 e. The van der Waals surface area contributed by atoms with Gasteiger partial charge in [0.2, 0.25) is 0 Å². The largest absolute Gasteiger partial charge is 0.394 e. The van der Waals surface area contributed by atoms with E-state index in [4.69, 9.17) is 9.84 Å². The first-order valence-electron chi connectivity index (χ1n) is 4.85. The van der Waals surface area contributed by atoms with Crippen molar-refractivity contribution in [3.05, 3.63) is 18.2 Å². The summed E-state index contributed by atoms with van der Waals surface area (Å²) >= 11 is 0. The van der Waals surface area contributed by atoms with Crippen LogP contribution in [-0.4, -0.2) is 39.9 Å². The predicted molar refractivity (Wildman–Crippen MR) is 51.0 cm³/mol. The number of hydrogen-bond donors (Lipinski definition) is 3. The van der Waals surface area contributed by atoms with Crippen molar-refractivity contribution in [2.75, 3.05) is 6.61 Å². The molecule has 1 saturated heterocycles. The topological polar surface area (TPSA) is 87.2 Å². The minimum Gasteiger partial charge on any atom is -0.394 e. The van der Waals surface area contributed by atoms with Crippen molar-refractivity contribution in [2.45, 2.75) is 25.2 Å². The molecule has 1 aromatic heterocycles. The van der Waals surface area contributed by atoms with E-state index in [1.165, 1.54) is 12.5 Å². The highest BCUT2D eigenvalue weighted by Gasteiger charge is 2.26. The van der Waals surface area contributed by atoms with E-state index in [0.717, 1.165) is 12.8 Å². The molecule has 1 fully saturated rings. The third kappa shape index (κ3) is 2.34. The highest BCUT2D eigenvalue weighted by Crippen LogP contribution is 2.17. The zero-order valence-electron chi connectivity index (χ0n) is 8.14. The molecule has 0 aromatic carbocycles. The van der Waals surface area contributed by atoms with E-state index in [9.17, 15) is 4.79 Å². The van der Waals surface area contributed by atoms with Crippen molar-refractivity contribution >= 4 is 5.91 Å². The number of nitrogens with one attached hydrogen (secondary N) is 2. The highest BCUT2D eigenvalue weighted by atomic mass is 16.5. The van der Waals surface area contributed by atoms with Gasteiger partial charge in [-0.1, -0.05) is 0 Å². The Balaban J connectivity index is 1.86.